The fourth-order valence-corrected chi connectivity index (χ4v) is 3.53. The molecule has 0 bridgehead atoms. The van der Waals surface area contributed by atoms with Crippen LogP contribution in [0.2, 0.25) is 0 Å². The number of thioether (sulfide) groups is 1. The molecule has 28 heavy (non-hydrogen) atoms. The number of rotatable bonds is 8. The van der Waals surface area contributed by atoms with E-state index in [0.717, 1.165) is 11.5 Å². The first kappa shape index (κ1) is 21.8. The first-order valence-electron chi connectivity index (χ1n) is 8.93. The van der Waals surface area contributed by atoms with E-state index in [0.29, 0.717) is 30.3 Å². The molecule has 152 valence electrons. The number of methoxy groups -OCH3 is 3. The van der Waals surface area contributed by atoms with Crippen LogP contribution in [0.25, 0.3) is 0 Å². The number of nitrogens with zero attached hydrogens (tertiary/aromatic N) is 1. The van der Waals surface area contributed by atoms with E-state index in [1.54, 1.807) is 40.1 Å². The van der Waals surface area contributed by atoms with Gasteiger partial charge in [-0.25, -0.2) is 0 Å². The Morgan fingerprint density at radius 1 is 0.964 bits per heavy atom. The number of aryl methyl sites for hydroxylation is 1. The van der Waals surface area contributed by atoms with Gasteiger partial charge in [-0.05, 0) is 48.1 Å². The summed E-state index contributed by atoms with van der Waals surface area (Å²) in [5.41, 5.74) is 3.50. The van der Waals surface area contributed by atoms with Crippen LogP contribution in [-0.4, -0.2) is 40.6 Å². The Labute approximate surface area is 171 Å². The maximum absolute atomic E-state index is 5.41. The summed E-state index contributed by atoms with van der Waals surface area (Å²) in [6.45, 7) is 3.37. The lowest BCUT2D eigenvalue weighted by Crippen LogP contribution is -2.36. The molecule has 6 nitrogen and oxygen atoms in total. The largest absolute Gasteiger partial charge is 0.493 e. The third kappa shape index (κ3) is 5.48. The summed E-state index contributed by atoms with van der Waals surface area (Å²) < 4.78 is 16.2. The molecule has 2 rings (SSSR count). The molecule has 0 spiro atoms. The molecular weight excluding hydrogens is 374 g/mol. The number of benzene rings is 2. The maximum Gasteiger partial charge on any atom is 0.203 e. The van der Waals surface area contributed by atoms with Gasteiger partial charge in [0.2, 0.25) is 5.75 Å². The zero-order valence-corrected chi connectivity index (χ0v) is 18.2. The van der Waals surface area contributed by atoms with Crippen LogP contribution >= 0.6 is 11.8 Å². The van der Waals surface area contributed by atoms with Gasteiger partial charge in [0.25, 0.3) is 0 Å². The number of aliphatic imine (C=N–C) groups is 1. The first-order chi connectivity index (χ1) is 13.6. The predicted octanol–water partition coefficient (Wildman–Crippen LogP) is 3.61. The summed E-state index contributed by atoms with van der Waals surface area (Å²) in [5, 5.41) is 6.69. The molecule has 0 atom stereocenters. The second-order valence-corrected chi connectivity index (χ2v) is 6.98. The zero-order chi connectivity index (χ0) is 20.5. The van der Waals surface area contributed by atoms with Gasteiger partial charge in [-0.1, -0.05) is 12.1 Å². The molecule has 0 unspecified atom stereocenters. The van der Waals surface area contributed by atoms with Crippen LogP contribution in [0.4, 0.5) is 0 Å². The molecular formula is C21H29N3O3S. The highest BCUT2D eigenvalue weighted by Gasteiger charge is 2.13. The number of nitrogens with one attached hydrogen (secondary N) is 2. The second kappa shape index (κ2) is 10.7. The van der Waals surface area contributed by atoms with Gasteiger partial charge in [0.1, 0.15) is 0 Å². The summed E-state index contributed by atoms with van der Waals surface area (Å²) in [4.78, 5) is 5.58. The van der Waals surface area contributed by atoms with E-state index >= 15 is 0 Å². The van der Waals surface area contributed by atoms with Gasteiger partial charge in [-0.3, -0.25) is 4.99 Å². The third-order valence-corrected chi connectivity index (χ3v) is 5.12. The minimum absolute atomic E-state index is 0.569. The summed E-state index contributed by atoms with van der Waals surface area (Å²) in [6, 6.07) is 10.3. The van der Waals surface area contributed by atoms with Crippen molar-refractivity contribution in [3.8, 4) is 17.2 Å². The van der Waals surface area contributed by atoms with Gasteiger partial charge >= 0.3 is 0 Å². The van der Waals surface area contributed by atoms with Crippen LogP contribution < -0.4 is 24.8 Å². The van der Waals surface area contributed by atoms with Crippen LogP contribution in [-0.2, 0) is 13.1 Å². The SMILES string of the molecule is CN=C(NCc1cc(OC)c(OC)c(OC)c1)NCc1ccc(C)cc1SC. The van der Waals surface area contributed by atoms with Gasteiger partial charge in [0.05, 0.1) is 21.3 Å². The molecule has 0 amide bonds. The molecule has 0 saturated heterocycles. The molecule has 2 aromatic carbocycles. The van der Waals surface area contributed by atoms with E-state index in [-0.39, 0.29) is 0 Å². The lowest BCUT2D eigenvalue weighted by Gasteiger charge is -2.16. The first-order valence-corrected chi connectivity index (χ1v) is 10.2. The summed E-state index contributed by atoms with van der Waals surface area (Å²) in [6.07, 6.45) is 2.09. The number of guanidine groups is 1. The Balaban J connectivity index is 2.05. The molecule has 0 heterocycles. The normalized spacial score (nSPS) is 11.1. The van der Waals surface area contributed by atoms with Gasteiger partial charge in [-0.2, -0.15) is 0 Å². The van der Waals surface area contributed by atoms with E-state index in [1.807, 2.05) is 12.1 Å². The average molecular weight is 404 g/mol. The highest BCUT2D eigenvalue weighted by atomic mass is 32.2. The molecule has 2 N–H and O–H groups in total. The van der Waals surface area contributed by atoms with E-state index in [9.17, 15) is 0 Å². The van der Waals surface area contributed by atoms with Crippen molar-refractivity contribution >= 4 is 17.7 Å². The van der Waals surface area contributed by atoms with Gasteiger partial charge < -0.3 is 24.8 Å². The van der Waals surface area contributed by atoms with Crippen molar-refractivity contribution in [2.24, 2.45) is 4.99 Å². The summed E-state index contributed by atoms with van der Waals surface area (Å²) >= 11 is 1.75. The van der Waals surface area contributed by atoms with Crippen molar-refractivity contribution in [1.29, 1.82) is 0 Å². The molecule has 0 aliphatic carbocycles. The second-order valence-electron chi connectivity index (χ2n) is 6.13. The Hall–Kier alpha value is -2.54. The van der Waals surface area contributed by atoms with Crippen molar-refractivity contribution < 1.29 is 14.2 Å². The van der Waals surface area contributed by atoms with Gasteiger partial charge in [0.15, 0.2) is 17.5 Å². The van der Waals surface area contributed by atoms with Gasteiger partial charge in [-0.15, -0.1) is 11.8 Å². The average Bonchev–Trinajstić information content (AvgIpc) is 2.73. The van der Waals surface area contributed by atoms with E-state index in [1.165, 1.54) is 16.0 Å². The Bertz CT molecular complexity index is 800. The number of hydrogen-bond donors (Lipinski definition) is 2. The molecule has 0 aromatic heterocycles. The molecule has 0 radical (unpaired) electrons. The quantitative estimate of drug-likeness (QED) is 0.399. The van der Waals surface area contributed by atoms with Crippen molar-refractivity contribution in [2.75, 3.05) is 34.6 Å². The summed E-state index contributed by atoms with van der Waals surface area (Å²) in [5.74, 6) is 2.57. The molecule has 2 aromatic rings. The number of hydrogen-bond acceptors (Lipinski definition) is 5. The van der Waals surface area contributed by atoms with E-state index in [4.69, 9.17) is 14.2 Å². The highest BCUT2D eigenvalue weighted by Crippen LogP contribution is 2.38. The highest BCUT2D eigenvalue weighted by molar-refractivity contribution is 7.98. The van der Waals surface area contributed by atoms with Crippen molar-refractivity contribution in [3.63, 3.8) is 0 Å². The van der Waals surface area contributed by atoms with Crippen LogP contribution in [0.5, 0.6) is 17.2 Å². The van der Waals surface area contributed by atoms with Crippen LogP contribution in [0.15, 0.2) is 40.2 Å². The van der Waals surface area contributed by atoms with Crippen molar-refractivity contribution in [2.45, 2.75) is 24.9 Å². The van der Waals surface area contributed by atoms with Crippen molar-refractivity contribution in [3.05, 3.63) is 47.0 Å². The lowest BCUT2D eigenvalue weighted by atomic mass is 10.1. The molecule has 7 heteroatoms. The smallest absolute Gasteiger partial charge is 0.203 e. The maximum atomic E-state index is 5.41. The molecule has 0 aliphatic heterocycles. The molecule has 0 fully saturated rings. The minimum atomic E-state index is 0.569. The third-order valence-electron chi connectivity index (χ3n) is 4.30. The Kier molecular flexibility index (Phi) is 8.32. The topological polar surface area (TPSA) is 64.1 Å². The van der Waals surface area contributed by atoms with Crippen LogP contribution in [0.3, 0.4) is 0 Å². The number of ether oxygens (including phenoxy) is 3. The Morgan fingerprint density at radius 3 is 2.14 bits per heavy atom. The fourth-order valence-electron chi connectivity index (χ4n) is 2.82. The minimum Gasteiger partial charge on any atom is -0.493 e. The standard InChI is InChI=1S/C21H29N3O3S/c1-14-7-8-16(19(9-14)28-6)13-24-21(22-2)23-12-15-10-17(25-3)20(27-5)18(11-15)26-4/h7-11H,12-13H2,1-6H3,(H2,22,23,24). The monoisotopic (exact) mass is 403 g/mol. The van der Waals surface area contributed by atoms with Gasteiger partial charge in [0, 0.05) is 25.0 Å². The van der Waals surface area contributed by atoms with E-state index < -0.39 is 0 Å². The van der Waals surface area contributed by atoms with Crippen molar-refractivity contribution in [1.82, 2.24) is 10.6 Å². The Morgan fingerprint density at radius 2 is 1.61 bits per heavy atom. The van der Waals surface area contributed by atoms with E-state index in [2.05, 4.69) is 47.0 Å². The lowest BCUT2D eigenvalue weighted by molar-refractivity contribution is 0.323. The van der Waals surface area contributed by atoms with Crippen LogP contribution in [0, 0.1) is 6.92 Å². The fraction of sp³-hybridized carbons (Fsp3) is 0.381. The zero-order valence-electron chi connectivity index (χ0n) is 17.4. The van der Waals surface area contributed by atoms with Crippen LogP contribution in [0.1, 0.15) is 16.7 Å². The predicted molar refractivity (Wildman–Crippen MR) is 116 cm³/mol. The molecule has 0 saturated carbocycles. The molecule has 0 aliphatic rings. The summed E-state index contributed by atoms with van der Waals surface area (Å²) in [7, 11) is 6.58.